The van der Waals surface area contributed by atoms with Crippen molar-refractivity contribution in [2.24, 2.45) is 22.7 Å². The molecule has 118 valence electrons. The highest BCUT2D eigenvalue weighted by atomic mass is 15.1. The van der Waals surface area contributed by atoms with Crippen molar-refractivity contribution in [3.05, 3.63) is 0 Å². The Balaban J connectivity index is 2.09. The van der Waals surface area contributed by atoms with Crippen molar-refractivity contribution in [3.8, 4) is 0 Å². The van der Waals surface area contributed by atoms with E-state index in [2.05, 4.69) is 58.9 Å². The number of likely N-dealkylation sites (N-methyl/N-ethyl adjacent to an activating group) is 1. The largest absolute Gasteiger partial charge is 0.309 e. The van der Waals surface area contributed by atoms with Gasteiger partial charge in [-0.2, -0.15) is 0 Å². The minimum Gasteiger partial charge on any atom is -0.309 e. The lowest BCUT2D eigenvalue weighted by atomic mass is 9.68. The molecule has 2 bridgehead atoms. The van der Waals surface area contributed by atoms with E-state index in [1.54, 1.807) is 0 Å². The number of hydrogen-bond acceptors (Lipinski definition) is 2. The van der Waals surface area contributed by atoms with Crippen LogP contribution in [-0.2, 0) is 0 Å². The van der Waals surface area contributed by atoms with Crippen LogP contribution in [0.4, 0.5) is 0 Å². The van der Waals surface area contributed by atoms with E-state index in [1.807, 2.05) is 0 Å². The first-order valence-electron chi connectivity index (χ1n) is 8.56. The third-order valence-electron chi connectivity index (χ3n) is 6.01. The molecule has 20 heavy (non-hydrogen) atoms. The first-order chi connectivity index (χ1) is 9.15. The van der Waals surface area contributed by atoms with Crippen molar-refractivity contribution in [1.82, 2.24) is 10.2 Å². The van der Waals surface area contributed by atoms with Crippen LogP contribution < -0.4 is 5.32 Å². The molecule has 4 unspecified atom stereocenters. The molecule has 0 spiro atoms. The summed E-state index contributed by atoms with van der Waals surface area (Å²) in [6.45, 7) is 13.4. The molecular formula is C18H36N2. The standard InChI is InChI=1S/C18H36N2/c1-13(2)10-15(12-20(6)7)19-16-17(3,4)14-8-9-18(16,5)11-14/h13-16,19H,8-12H2,1-7H3. The Morgan fingerprint density at radius 3 is 2.30 bits per heavy atom. The van der Waals surface area contributed by atoms with Gasteiger partial charge in [-0.1, -0.05) is 34.6 Å². The maximum absolute atomic E-state index is 4.10. The summed E-state index contributed by atoms with van der Waals surface area (Å²) in [7, 11) is 4.39. The fourth-order valence-electron chi connectivity index (χ4n) is 5.16. The average Bonchev–Trinajstić information content (AvgIpc) is 2.74. The molecule has 2 heteroatoms. The summed E-state index contributed by atoms with van der Waals surface area (Å²) in [6.07, 6.45) is 5.60. The number of hydrogen-bond donors (Lipinski definition) is 1. The van der Waals surface area contributed by atoms with E-state index >= 15 is 0 Å². The molecule has 0 saturated heterocycles. The molecular weight excluding hydrogens is 244 g/mol. The van der Waals surface area contributed by atoms with E-state index in [4.69, 9.17) is 0 Å². The second-order valence-electron chi connectivity index (χ2n) is 9.10. The number of fused-ring (bicyclic) bond motifs is 2. The van der Waals surface area contributed by atoms with E-state index in [1.165, 1.54) is 25.7 Å². The highest BCUT2D eigenvalue weighted by Gasteiger charge is 2.59. The summed E-state index contributed by atoms with van der Waals surface area (Å²) in [6, 6.07) is 1.32. The van der Waals surface area contributed by atoms with Crippen LogP contribution in [0.5, 0.6) is 0 Å². The summed E-state index contributed by atoms with van der Waals surface area (Å²) in [5, 5.41) is 4.10. The van der Waals surface area contributed by atoms with Gasteiger partial charge in [0.1, 0.15) is 0 Å². The van der Waals surface area contributed by atoms with E-state index in [9.17, 15) is 0 Å². The molecule has 2 fully saturated rings. The van der Waals surface area contributed by atoms with Gasteiger partial charge >= 0.3 is 0 Å². The Morgan fingerprint density at radius 1 is 1.20 bits per heavy atom. The lowest BCUT2D eigenvalue weighted by Crippen LogP contribution is -2.55. The molecule has 0 aromatic heterocycles. The topological polar surface area (TPSA) is 15.3 Å². The zero-order chi connectivity index (χ0) is 15.1. The molecule has 4 atom stereocenters. The van der Waals surface area contributed by atoms with Gasteiger partial charge in [-0.05, 0) is 62.4 Å². The molecule has 2 saturated carbocycles. The summed E-state index contributed by atoms with van der Waals surface area (Å²) >= 11 is 0. The third-order valence-corrected chi connectivity index (χ3v) is 6.01. The van der Waals surface area contributed by atoms with E-state index in [-0.39, 0.29) is 0 Å². The molecule has 0 aliphatic heterocycles. The third kappa shape index (κ3) is 3.06. The molecule has 2 aliphatic rings. The Morgan fingerprint density at radius 2 is 1.85 bits per heavy atom. The fraction of sp³-hybridized carbons (Fsp3) is 1.00. The van der Waals surface area contributed by atoms with Crippen molar-refractivity contribution in [3.63, 3.8) is 0 Å². The summed E-state index contributed by atoms with van der Waals surface area (Å²) < 4.78 is 0. The van der Waals surface area contributed by atoms with Crippen molar-refractivity contribution >= 4 is 0 Å². The van der Waals surface area contributed by atoms with Crippen LogP contribution >= 0.6 is 0 Å². The highest BCUT2D eigenvalue weighted by Crippen LogP contribution is 2.62. The molecule has 2 aliphatic carbocycles. The molecule has 2 nitrogen and oxygen atoms in total. The van der Waals surface area contributed by atoms with Crippen LogP contribution in [0.15, 0.2) is 0 Å². The van der Waals surface area contributed by atoms with Crippen molar-refractivity contribution in [2.45, 2.75) is 72.4 Å². The van der Waals surface area contributed by atoms with Gasteiger partial charge in [0.25, 0.3) is 0 Å². The van der Waals surface area contributed by atoms with Gasteiger partial charge in [-0.15, -0.1) is 0 Å². The van der Waals surface area contributed by atoms with Crippen LogP contribution in [-0.4, -0.2) is 37.6 Å². The molecule has 0 heterocycles. The van der Waals surface area contributed by atoms with Crippen LogP contribution in [0, 0.1) is 22.7 Å². The summed E-state index contributed by atoms with van der Waals surface area (Å²) in [5.74, 6) is 1.70. The van der Waals surface area contributed by atoms with Crippen molar-refractivity contribution < 1.29 is 0 Å². The maximum Gasteiger partial charge on any atom is 0.0200 e. The normalized spacial score (nSPS) is 37.0. The predicted molar refractivity (Wildman–Crippen MR) is 87.9 cm³/mol. The first kappa shape index (κ1) is 16.3. The lowest BCUT2D eigenvalue weighted by molar-refractivity contribution is 0.0903. The van der Waals surface area contributed by atoms with Gasteiger partial charge < -0.3 is 10.2 Å². The molecule has 0 radical (unpaired) electrons. The fourth-order valence-corrected chi connectivity index (χ4v) is 5.16. The van der Waals surface area contributed by atoms with Gasteiger partial charge in [0.05, 0.1) is 0 Å². The monoisotopic (exact) mass is 280 g/mol. The van der Waals surface area contributed by atoms with E-state index < -0.39 is 0 Å². The second-order valence-corrected chi connectivity index (χ2v) is 9.10. The Kier molecular flexibility index (Phi) is 4.57. The van der Waals surface area contributed by atoms with Gasteiger partial charge in [-0.3, -0.25) is 0 Å². The maximum atomic E-state index is 4.10. The molecule has 0 amide bonds. The van der Waals surface area contributed by atoms with E-state index in [0.717, 1.165) is 18.4 Å². The van der Waals surface area contributed by atoms with Gasteiger partial charge in [0.15, 0.2) is 0 Å². The Labute approximate surface area is 126 Å². The SMILES string of the molecule is CC(C)CC(CN(C)C)NC1C2(C)CCC(C2)C1(C)C. The van der Waals surface area contributed by atoms with Crippen LogP contribution in [0.25, 0.3) is 0 Å². The molecule has 2 rings (SSSR count). The number of nitrogens with one attached hydrogen (secondary N) is 1. The average molecular weight is 280 g/mol. The van der Waals surface area contributed by atoms with Gasteiger partial charge in [0, 0.05) is 18.6 Å². The quantitative estimate of drug-likeness (QED) is 0.797. The number of nitrogens with zero attached hydrogens (tertiary/aromatic N) is 1. The van der Waals surface area contributed by atoms with Crippen LogP contribution in [0.1, 0.15) is 60.3 Å². The lowest BCUT2D eigenvalue weighted by Gasteiger charge is -2.45. The minimum atomic E-state index is 0.467. The van der Waals surface area contributed by atoms with Crippen LogP contribution in [0.3, 0.4) is 0 Å². The Hall–Kier alpha value is -0.0800. The minimum absolute atomic E-state index is 0.467. The predicted octanol–water partition coefficient (Wildman–Crippen LogP) is 3.77. The summed E-state index contributed by atoms with van der Waals surface area (Å²) in [5.41, 5.74) is 1.00. The molecule has 0 aromatic carbocycles. The zero-order valence-electron chi connectivity index (χ0n) is 14.8. The van der Waals surface area contributed by atoms with Gasteiger partial charge in [-0.25, -0.2) is 0 Å². The first-order valence-corrected chi connectivity index (χ1v) is 8.56. The van der Waals surface area contributed by atoms with Gasteiger partial charge in [0.2, 0.25) is 0 Å². The molecule has 0 aromatic rings. The molecule has 1 N–H and O–H groups in total. The highest BCUT2D eigenvalue weighted by molar-refractivity contribution is 5.12. The zero-order valence-corrected chi connectivity index (χ0v) is 14.8. The smallest absolute Gasteiger partial charge is 0.0200 e. The Bertz CT molecular complexity index is 320. The van der Waals surface area contributed by atoms with Crippen molar-refractivity contribution in [2.75, 3.05) is 20.6 Å². The van der Waals surface area contributed by atoms with E-state index in [0.29, 0.717) is 22.9 Å². The number of rotatable bonds is 6. The second kappa shape index (κ2) is 5.61. The summed E-state index contributed by atoms with van der Waals surface area (Å²) in [4.78, 5) is 2.34. The van der Waals surface area contributed by atoms with Crippen LogP contribution in [0.2, 0.25) is 0 Å². The van der Waals surface area contributed by atoms with Crippen molar-refractivity contribution in [1.29, 1.82) is 0 Å².